The molecule has 0 unspecified atom stereocenters. The lowest BCUT2D eigenvalue weighted by atomic mass is 10.2. The fourth-order valence-electron chi connectivity index (χ4n) is 3.56. The van der Waals surface area contributed by atoms with Gasteiger partial charge in [0.2, 0.25) is 0 Å². The Labute approximate surface area is 162 Å². The number of nitrogens with one attached hydrogen (secondary N) is 1. The highest BCUT2D eigenvalue weighted by Crippen LogP contribution is 2.35. The average molecular weight is 388 g/mol. The van der Waals surface area contributed by atoms with E-state index in [2.05, 4.69) is 15.2 Å². The number of halogens is 1. The number of carbonyl (C=O) groups is 1. The molecule has 136 valence electrons. The van der Waals surface area contributed by atoms with Gasteiger partial charge in [-0.05, 0) is 38.1 Å². The number of fused-ring (bicyclic) bond motifs is 3. The fraction of sp³-hybridized carbons (Fsp3) is 0.400. The minimum absolute atomic E-state index is 0.0267. The Hall–Kier alpha value is -1.69. The molecule has 0 bridgehead atoms. The van der Waals surface area contributed by atoms with Crippen molar-refractivity contribution < 1.29 is 4.79 Å². The quantitative estimate of drug-likeness (QED) is 0.659. The monoisotopic (exact) mass is 387 g/mol. The van der Waals surface area contributed by atoms with Gasteiger partial charge in [-0.2, -0.15) is 0 Å². The van der Waals surface area contributed by atoms with Gasteiger partial charge >= 0.3 is 0 Å². The molecule has 0 saturated carbocycles. The zero-order valence-electron chi connectivity index (χ0n) is 14.6. The molecule has 0 radical (unpaired) electrons. The molecule has 1 fully saturated rings. The van der Waals surface area contributed by atoms with E-state index in [1.165, 1.54) is 37.0 Å². The number of para-hydroxylation sites is 1. The zero-order chi connectivity index (χ0) is 17.9. The second-order valence-electron chi connectivity index (χ2n) is 6.78. The summed E-state index contributed by atoms with van der Waals surface area (Å²) < 4.78 is 1.03. The van der Waals surface area contributed by atoms with Crippen molar-refractivity contribution in [3.63, 3.8) is 0 Å². The van der Waals surface area contributed by atoms with Crippen LogP contribution in [-0.2, 0) is 0 Å². The van der Waals surface area contributed by atoms with Crippen LogP contribution in [-0.4, -0.2) is 42.0 Å². The topological polar surface area (TPSA) is 45.2 Å². The lowest BCUT2D eigenvalue weighted by Gasteiger charge is -2.19. The molecule has 1 aliphatic heterocycles. The lowest BCUT2D eigenvalue weighted by Crippen LogP contribution is -2.35. The van der Waals surface area contributed by atoms with Gasteiger partial charge < -0.3 is 10.2 Å². The first-order valence-electron chi connectivity index (χ1n) is 9.21. The third kappa shape index (κ3) is 3.70. The third-order valence-electron chi connectivity index (χ3n) is 4.96. The predicted molar refractivity (Wildman–Crippen MR) is 109 cm³/mol. The maximum Gasteiger partial charge on any atom is 0.261 e. The molecule has 1 N–H and O–H groups in total. The van der Waals surface area contributed by atoms with Crippen LogP contribution in [0.3, 0.4) is 0 Å². The second-order valence-corrected chi connectivity index (χ2v) is 8.20. The van der Waals surface area contributed by atoms with Crippen LogP contribution in [0.15, 0.2) is 30.3 Å². The molecule has 3 heterocycles. The van der Waals surface area contributed by atoms with Crippen LogP contribution in [0.4, 0.5) is 0 Å². The van der Waals surface area contributed by atoms with E-state index in [1.807, 2.05) is 30.3 Å². The van der Waals surface area contributed by atoms with Crippen LogP contribution in [0, 0.1) is 0 Å². The number of thiophene rings is 1. The fourth-order valence-corrected chi connectivity index (χ4v) is 4.97. The standard InChI is InChI=1S/C20H22ClN3OS/c21-19-15-13-17(26-18(15)14-7-3-4-8-16(14)23-19)20(25)22-9-12-24-10-5-1-2-6-11-24/h3-4,7-8,13H,1-2,5-6,9-12H2,(H,22,25). The minimum atomic E-state index is -0.0267. The van der Waals surface area contributed by atoms with Gasteiger partial charge in [-0.15, -0.1) is 11.3 Å². The summed E-state index contributed by atoms with van der Waals surface area (Å²) in [6, 6.07) is 9.77. The SMILES string of the molecule is O=C(NCCN1CCCCCC1)c1cc2c(Cl)nc3ccccc3c2s1. The lowest BCUT2D eigenvalue weighted by molar-refractivity contribution is 0.0952. The number of nitrogens with zero attached hydrogens (tertiary/aromatic N) is 2. The number of hydrogen-bond donors (Lipinski definition) is 1. The third-order valence-corrected chi connectivity index (χ3v) is 6.41. The first kappa shape index (κ1) is 17.7. The van der Waals surface area contributed by atoms with Gasteiger partial charge in [0, 0.05) is 28.6 Å². The molecule has 2 aromatic heterocycles. The molecule has 1 saturated heterocycles. The summed E-state index contributed by atoms with van der Waals surface area (Å²) in [6.45, 7) is 3.89. The van der Waals surface area contributed by atoms with Crippen molar-refractivity contribution in [3.8, 4) is 0 Å². The molecule has 1 aliphatic rings. The van der Waals surface area contributed by atoms with E-state index in [4.69, 9.17) is 11.6 Å². The highest BCUT2D eigenvalue weighted by molar-refractivity contribution is 7.21. The number of likely N-dealkylation sites (tertiary alicyclic amines) is 1. The molecular formula is C20H22ClN3OS. The number of rotatable bonds is 4. The van der Waals surface area contributed by atoms with Gasteiger partial charge in [-0.25, -0.2) is 4.98 Å². The van der Waals surface area contributed by atoms with Crippen LogP contribution in [0.2, 0.25) is 5.15 Å². The largest absolute Gasteiger partial charge is 0.350 e. The van der Waals surface area contributed by atoms with E-state index in [-0.39, 0.29) is 5.91 Å². The van der Waals surface area contributed by atoms with Crippen molar-refractivity contribution in [2.75, 3.05) is 26.2 Å². The van der Waals surface area contributed by atoms with Gasteiger partial charge in [0.15, 0.2) is 0 Å². The van der Waals surface area contributed by atoms with Crippen molar-refractivity contribution >= 4 is 49.8 Å². The summed E-state index contributed by atoms with van der Waals surface area (Å²) in [5.41, 5.74) is 0.861. The Morgan fingerprint density at radius 1 is 1.15 bits per heavy atom. The van der Waals surface area contributed by atoms with E-state index in [9.17, 15) is 4.79 Å². The summed E-state index contributed by atoms with van der Waals surface area (Å²) in [5, 5.41) is 5.42. The van der Waals surface area contributed by atoms with Gasteiger partial charge in [-0.3, -0.25) is 4.79 Å². The molecule has 6 heteroatoms. The van der Waals surface area contributed by atoms with Gasteiger partial charge in [0.1, 0.15) is 5.15 Å². The molecule has 0 spiro atoms. The maximum absolute atomic E-state index is 12.6. The van der Waals surface area contributed by atoms with Crippen LogP contribution >= 0.6 is 22.9 Å². The number of aromatic nitrogens is 1. The molecule has 4 nitrogen and oxygen atoms in total. The van der Waals surface area contributed by atoms with Crippen LogP contribution in [0.25, 0.3) is 21.0 Å². The Morgan fingerprint density at radius 3 is 2.73 bits per heavy atom. The zero-order valence-corrected chi connectivity index (χ0v) is 16.2. The van der Waals surface area contributed by atoms with E-state index >= 15 is 0 Å². The van der Waals surface area contributed by atoms with Gasteiger partial charge in [0.05, 0.1) is 10.4 Å². The van der Waals surface area contributed by atoms with Crippen molar-refractivity contribution in [3.05, 3.63) is 40.4 Å². The summed E-state index contributed by atoms with van der Waals surface area (Å²) in [7, 11) is 0. The van der Waals surface area contributed by atoms with Crippen LogP contribution in [0.5, 0.6) is 0 Å². The Balaban J connectivity index is 1.48. The predicted octanol–water partition coefficient (Wildman–Crippen LogP) is 4.71. The molecule has 26 heavy (non-hydrogen) atoms. The van der Waals surface area contributed by atoms with Crippen molar-refractivity contribution in [2.24, 2.45) is 0 Å². The van der Waals surface area contributed by atoms with Crippen molar-refractivity contribution in [1.29, 1.82) is 0 Å². The summed E-state index contributed by atoms with van der Waals surface area (Å²) >= 11 is 7.82. The van der Waals surface area contributed by atoms with E-state index < -0.39 is 0 Å². The normalized spacial score (nSPS) is 16.0. The van der Waals surface area contributed by atoms with E-state index in [0.717, 1.165) is 40.6 Å². The number of carbonyl (C=O) groups excluding carboxylic acids is 1. The average Bonchev–Trinajstić information content (AvgIpc) is 2.95. The first-order chi connectivity index (χ1) is 12.7. The smallest absolute Gasteiger partial charge is 0.261 e. The highest BCUT2D eigenvalue weighted by Gasteiger charge is 2.16. The highest BCUT2D eigenvalue weighted by atomic mass is 35.5. The van der Waals surface area contributed by atoms with E-state index in [0.29, 0.717) is 16.6 Å². The van der Waals surface area contributed by atoms with Crippen LogP contribution < -0.4 is 5.32 Å². The van der Waals surface area contributed by atoms with E-state index in [1.54, 1.807) is 0 Å². The first-order valence-corrected chi connectivity index (χ1v) is 10.4. The van der Waals surface area contributed by atoms with Crippen LogP contribution in [0.1, 0.15) is 35.4 Å². The summed E-state index contributed by atoms with van der Waals surface area (Å²) in [5.74, 6) is -0.0267. The molecule has 4 rings (SSSR count). The molecule has 1 aromatic carbocycles. The molecular weight excluding hydrogens is 366 g/mol. The van der Waals surface area contributed by atoms with Gasteiger partial charge in [-0.1, -0.05) is 42.6 Å². The number of pyridine rings is 1. The Morgan fingerprint density at radius 2 is 1.92 bits per heavy atom. The van der Waals surface area contributed by atoms with Crippen molar-refractivity contribution in [2.45, 2.75) is 25.7 Å². The Kier molecular flexibility index (Phi) is 5.38. The maximum atomic E-state index is 12.6. The minimum Gasteiger partial charge on any atom is -0.350 e. The summed E-state index contributed by atoms with van der Waals surface area (Å²) in [6.07, 6.45) is 5.19. The molecule has 0 aliphatic carbocycles. The molecule has 3 aromatic rings. The molecule has 0 atom stereocenters. The number of amides is 1. The number of benzene rings is 1. The second kappa shape index (κ2) is 7.91. The van der Waals surface area contributed by atoms with Gasteiger partial charge in [0.25, 0.3) is 5.91 Å². The molecule has 1 amide bonds. The Bertz CT molecular complexity index is 931. The number of hydrogen-bond acceptors (Lipinski definition) is 4. The summed E-state index contributed by atoms with van der Waals surface area (Å²) in [4.78, 5) is 20.2. The van der Waals surface area contributed by atoms with Crippen molar-refractivity contribution in [1.82, 2.24) is 15.2 Å².